The molecule has 2 saturated carbocycles. The Morgan fingerprint density at radius 3 is 2.09 bits per heavy atom. The molecule has 0 radical (unpaired) electrons. The summed E-state index contributed by atoms with van der Waals surface area (Å²) in [6.45, 7) is 0. The van der Waals surface area contributed by atoms with Crippen molar-refractivity contribution in [1.82, 2.24) is 0 Å². The fourth-order valence-corrected chi connectivity index (χ4v) is 3.88. The van der Waals surface area contributed by atoms with E-state index in [-0.39, 0.29) is 5.92 Å². The third kappa shape index (κ3) is 2.43. The van der Waals surface area contributed by atoms with E-state index in [1.807, 2.05) is 6.07 Å². The predicted molar refractivity (Wildman–Crippen MR) is 86.6 cm³/mol. The molecule has 0 amide bonds. The van der Waals surface area contributed by atoms with Gasteiger partial charge in [-0.25, -0.2) is 0 Å². The molecule has 22 heavy (non-hydrogen) atoms. The van der Waals surface area contributed by atoms with Gasteiger partial charge in [0.25, 0.3) is 0 Å². The predicted octanol–water partition coefficient (Wildman–Crippen LogP) is 4.57. The number of carbonyl (C=O) groups is 1. The van der Waals surface area contributed by atoms with Crippen LogP contribution in [-0.4, -0.2) is 11.1 Å². The molecule has 2 fully saturated rings. The maximum absolute atomic E-state index is 10.9. The summed E-state index contributed by atoms with van der Waals surface area (Å²) in [7, 11) is 0. The van der Waals surface area contributed by atoms with Crippen molar-refractivity contribution < 1.29 is 9.90 Å². The van der Waals surface area contributed by atoms with Crippen LogP contribution >= 0.6 is 0 Å². The molecule has 2 aromatic rings. The molecular weight excluding hydrogens is 272 g/mol. The molecule has 2 unspecified atom stereocenters. The fourth-order valence-electron chi connectivity index (χ4n) is 3.88. The summed E-state index contributed by atoms with van der Waals surface area (Å²) in [6.07, 6.45) is 3.23. The maximum Gasteiger partial charge on any atom is 0.306 e. The highest BCUT2D eigenvalue weighted by Crippen LogP contribution is 2.56. The molecule has 1 N–H and O–H groups in total. The lowest BCUT2D eigenvalue weighted by atomic mass is 9.69. The van der Waals surface area contributed by atoms with Gasteiger partial charge in [-0.2, -0.15) is 0 Å². The molecule has 0 bridgehead atoms. The minimum atomic E-state index is -0.597. The van der Waals surface area contributed by atoms with E-state index in [0.717, 1.165) is 6.42 Å². The van der Waals surface area contributed by atoms with Crippen molar-refractivity contribution in [2.75, 3.05) is 0 Å². The Morgan fingerprint density at radius 2 is 1.50 bits per heavy atom. The molecule has 112 valence electrons. The summed E-state index contributed by atoms with van der Waals surface area (Å²) in [5, 5.41) is 9.01. The number of carboxylic acid groups (broad SMARTS) is 1. The summed E-state index contributed by atoms with van der Waals surface area (Å²) < 4.78 is 0. The third-order valence-electron chi connectivity index (χ3n) is 5.43. The summed E-state index contributed by atoms with van der Waals surface area (Å²) in [4.78, 5) is 10.9. The van der Waals surface area contributed by atoms with Crippen LogP contribution in [0.15, 0.2) is 54.6 Å². The number of hydrogen-bond acceptors (Lipinski definition) is 1. The van der Waals surface area contributed by atoms with E-state index in [2.05, 4.69) is 48.5 Å². The van der Waals surface area contributed by atoms with E-state index in [4.69, 9.17) is 5.11 Å². The highest BCUT2D eigenvalue weighted by Gasteiger charge is 2.51. The minimum Gasteiger partial charge on any atom is -0.481 e. The average molecular weight is 292 g/mol. The Balaban J connectivity index is 1.38. The molecule has 2 atom stereocenters. The third-order valence-corrected chi connectivity index (χ3v) is 5.43. The first kappa shape index (κ1) is 13.6. The van der Waals surface area contributed by atoms with Crippen molar-refractivity contribution in [2.45, 2.75) is 25.2 Å². The molecule has 2 aromatic carbocycles. The van der Waals surface area contributed by atoms with Gasteiger partial charge in [-0.05, 0) is 53.7 Å². The molecular formula is C20H20O2. The van der Waals surface area contributed by atoms with Gasteiger partial charge in [0.2, 0.25) is 0 Å². The van der Waals surface area contributed by atoms with Gasteiger partial charge in [-0.15, -0.1) is 0 Å². The van der Waals surface area contributed by atoms with E-state index in [1.54, 1.807) is 0 Å². The number of rotatable bonds is 4. The Hall–Kier alpha value is -2.09. The van der Waals surface area contributed by atoms with E-state index < -0.39 is 5.97 Å². The smallest absolute Gasteiger partial charge is 0.306 e. The van der Waals surface area contributed by atoms with Crippen molar-refractivity contribution in [3.05, 3.63) is 60.2 Å². The van der Waals surface area contributed by atoms with E-state index in [0.29, 0.717) is 17.8 Å². The normalized spacial score (nSPS) is 29.6. The van der Waals surface area contributed by atoms with Crippen molar-refractivity contribution in [2.24, 2.45) is 17.8 Å². The van der Waals surface area contributed by atoms with Crippen LogP contribution in [0.3, 0.4) is 0 Å². The Labute approximate surface area is 130 Å². The van der Waals surface area contributed by atoms with Crippen LogP contribution in [0.1, 0.15) is 30.7 Å². The van der Waals surface area contributed by atoms with E-state index in [1.165, 1.54) is 29.5 Å². The second-order valence-electron chi connectivity index (χ2n) is 6.76. The van der Waals surface area contributed by atoms with Crippen LogP contribution in [0.2, 0.25) is 0 Å². The quantitative estimate of drug-likeness (QED) is 0.896. The SMILES string of the molecule is O=C(O)C1CC1C1CC(c2ccc(-c3ccccc3)cc2)C1. The Morgan fingerprint density at radius 1 is 0.864 bits per heavy atom. The van der Waals surface area contributed by atoms with Crippen LogP contribution in [0, 0.1) is 17.8 Å². The average Bonchev–Trinajstić information content (AvgIpc) is 3.28. The summed E-state index contributed by atoms with van der Waals surface area (Å²) in [5.41, 5.74) is 3.92. The zero-order valence-electron chi connectivity index (χ0n) is 12.5. The zero-order valence-corrected chi connectivity index (χ0v) is 12.5. The molecule has 0 aromatic heterocycles. The molecule has 2 heteroatoms. The van der Waals surface area contributed by atoms with Gasteiger partial charge >= 0.3 is 5.97 Å². The summed E-state index contributed by atoms with van der Waals surface area (Å²) >= 11 is 0. The van der Waals surface area contributed by atoms with Gasteiger partial charge in [0.1, 0.15) is 0 Å². The molecule has 0 heterocycles. The molecule has 4 rings (SSSR count). The van der Waals surface area contributed by atoms with Gasteiger partial charge in [-0.3, -0.25) is 4.79 Å². The van der Waals surface area contributed by atoms with Gasteiger partial charge in [0.05, 0.1) is 5.92 Å². The highest BCUT2D eigenvalue weighted by atomic mass is 16.4. The summed E-state index contributed by atoms with van der Waals surface area (Å²) in [6, 6.07) is 19.3. The van der Waals surface area contributed by atoms with Crippen molar-refractivity contribution in [3.8, 4) is 11.1 Å². The monoisotopic (exact) mass is 292 g/mol. The van der Waals surface area contributed by atoms with Crippen molar-refractivity contribution in [1.29, 1.82) is 0 Å². The molecule has 0 aliphatic heterocycles. The maximum atomic E-state index is 10.9. The molecule has 0 saturated heterocycles. The van der Waals surface area contributed by atoms with Gasteiger partial charge < -0.3 is 5.11 Å². The largest absolute Gasteiger partial charge is 0.481 e. The van der Waals surface area contributed by atoms with E-state index in [9.17, 15) is 4.79 Å². The Kier molecular flexibility index (Phi) is 3.25. The molecule has 0 spiro atoms. The van der Waals surface area contributed by atoms with Crippen molar-refractivity contribution >= 4 is 5.97 Å². The number of aliphatic carboxylic acids is 1. The van der Waals surface area contributed by atoms with Crippen LogP contribution in [0.5, 0.6) is 0 Å². The second kappa shape index (κ2) is 5.28. The van der Waals surface area contributed by atoms with Gasteiger partial charge in [0.15, 0.2) is 0 Å². The number of benzene rings is 2. The lowest BCUT2D eigenvalue weighted by molar-refractivity contribution is -0.139. The van der Waals surface area contributed by atoms with Crippen LogP contribution in [0.25, 0.3) is 11.1 Å². The highest BCUT2D eigenvalue weighted by molar-refractivity contribution is 5.73. The topological polar surface area (TPSA) is 37.3 Å². The lowest BCUT2D eigenvalue weighted by Crippen LogP contribution is -2.24. The van der Waals surface area contributed by atoms with Gasteiger partial charge in [-0.1, -0.05) is 54.6 Å². The standard InChI is InChI=1S/C20H20O2/c21-20(22)19-12-18(19)17-10-16(11-17)15-8-6-14(7-9-15)13-4-2-1-3-5-13/h1-9,16-19H,10-12H2,(H,21,22). The fraction of sp³-hybridized carbons (Fsp3) is 0.350. The second-order valence-corrected chi connectivity index (χ2v) is 6.76. The van der Waals surface area contributed by atoms with Crippen LogP contribution in [-0.2, 0) is 4.79 Å². The molecule has 2 nitrogen and oxygen atoms in total. The summed E-state index contributed by atoms with van der Waals surface area (Å²) in [5.74, 6) is 1.08. The van der Waals surface area contributed by atoms with E-state index >= 15 is 0 Å². The lowest BCUT2D eigenvalue weighted by Gasteiger charge is -2.36. The van der Waals surface area contributed by atoms with Crippen LogP contribution in [0.4, 0.5) is 0 Å². The first-order chi connectivity index (χ1) is 10.7. The number of hydrogen-bond donors (Lipinski definition) is 1. The zero-order chi connectivity index (χ0) is 15.1. The molecule has 2 aliphatic carbocycles. The first-order valence-electron chi connectivity index (χ1n) is 8.10. The van der Waals surface area contributed by atoms with Gasteiger partial charge in [0, 0.05) is 0 Å². The van der Waals surface area contributed by atoms with Crippen molar-refractivity contribution in [3.63, 3.8) is 0 Å². The Bertz CT molecular complexity index is 669. The van der Waals surface area contributed by atoms with Crippen LogP contribution < -0.4 is 0 Å². The number of carboxylic acids is 1. The molecule has 2 aliphatic rings. The minimum absolute atomic E-state index is 0.0496. The first-order valence-corrected chi connectivity index (χ1v) is 8.10.